The van der Waals surface area contributed by atoms with E-state index in [4.69, 9.17) is 27.9 Å². The molecule has 104 valence electrons. The minimum absolute atomic E-state index is 0.00574. The first-order valence-corrected chi connectivity index (χ1v) is 7.07. The smallest absolute Gasteiger partial charge is 0.178 e. The number of Topliss-reactive ketones (excluding diaryl/α,β-unsaturated/α-hetero) is 1. The lowest BCUT2D eigenvalue weighted by Gasteiger charge is -2.34. The number of ketones is 1. The molecular formula is C14H17Cl2NO2. The van der Waals surface area contributed by atoms with Gasteiger partial charge in [-0.1, -0.05) is 23.2 Å². The van der Waals surface area contributed by atoms with Crippen molar-refractivity contribution in [3.8, 4) is 0 Å². The van der Waals surface area contributed by atoms with Crippen molar-refractivity contribution in [1.82, 2.24) is 4.90 Å². The third-order valence-corrected chi connectivity index (χ3v) is 3.66. The number of hydrogen-bond donors (Lipinski definition) is 0. The van der Waals surface area contributed by atoms with Crippen LogP contribution in [-0.2, 0) is 4.74 Å². The summed E-state index contributed by atoms with van der Waals surface area (Å²) >= 11 is 11.9. The van der Waals surface area contributed by atoms with Crippen LogP contribution in [0.15, 0.2) is 18.2 Å². The molecule has 19 heavy (non-hydrogen) atoms. The van der Waals surface area contributed by atoms with Gasteiger partial charge in [0, 0.05) is 23.7 Å². The Kier molecular flexibility index (Phi) is 4.85. The van der Waals surface area contributed by atoms with Crippen molar-refractivity contribution < 1.29 is 9.53 Å². The average molecular weight is 302 g/mol. The molecule has 2 unspecified atom stereocenters. The number of rotatable bonds is 3. The minimum atomic E-state index is -0.00574. The van der Waals surface area contributed by atoms with E-state index in [1.807, 2.05) is 13.8 Å². The summed E-state index contributed by atoms with van der Waals surface area (Å²) in [6.07, 6.45) is 0.290. The van der Waals surface area contributed by atoms with Crippen molar-refractivity contribution in [3.63, 3.8) is 0 Å². The summed E-state index contributed by atoms with van der Waals surface area (Å²) < 4.78 is 5.65. The van der Waals surface area contributed by atoms with Gasteiger partial charge in [-0.05, 0) is 32.0 Å². The molecule has 2 atom stereocenters. The summed E-state index contributed by atoms with van der Waals surface area (Å²) in [5.74, 6) is -0.00574. The molecule has 0 spiro atoms. The van der Waals surface area contributed by atoms with Crippen LogP contribution in [0.1, 0.15) is 24.2 Å². The minimum Gasteiger partial charge on any atom is -0.373 e. The second kappa shape index (κ2) is 6.23. The molecule has 0 amide bonds. The molecular weight excluding hydrogens is 285 g/mol. The molecule has 2 rings (SSSR count). The maximum atomic E-state index is 12.3. The Morgan fingerprint density at radius 1 is 1.32 bits per heavy atom. The van der Waals surface area contributed by atoms with Crippen molar-refractivity contribution in [1.29, 1.82) is 0 Å². The van der Waals surface area contributed by atoms with Crippen LogP contribution in [0.2, 0.25) is 10.0 Å². The first-order valence-electron chi connectivity index (χ1n) is 6.31. The monoisotopic (exact) mass is 301 g/mol. The highest BCUT2D eigenvalue weighted by Crippen LogP contribution is 2.22. The van der Waals surface area contributed by atoms with E-state index in [2.05, 4.69) is 4.90 Å². The fraction of sp³-hybridized carbons (Fsp3) is 0.500. The molecule has 0 aliphatic carbocycles. The van der Waals surface area contributed by atoms with Crippen LogP contribution < -0.4 is 0 Å². The molecule has 1 fully saturated rings. The Hall–Kier alpha value is -0.610. The van der Waals surface area contributed by atoms with Gasteiger partial charge in [-0.15, -0.1) is 0 Å². The molecule has 1 aliphatic rings. The predicted molar refractivity (Wildman–Crippen MR) is 77.2 cm³/mol. The largest absolute Gasteiger partial charge is 0.373 e. The van der Waals surface area contributed by atoms with Crippen LogP contribution in [0.25, 0.3) is 0 Å². The van der Waals surface area contributed by atoms with Crippen molar-refractivity contribution in [2.45, 2.75) is 26.1 Å². The Morgan fingerprint density at radius 2 is 1.95 bits per heavy atom. The number of ether oxygens (including phenoxy) is 1. The van der Waals surface area contributed by atoms with Gasteiger partial charge in [0.25, 0.3) is 0 Å². The lowest BCUT2D eigenvalue weighted by molar-refractivity contribution is -0.0652. The average Bonchev–Trinajstić information content (AvgIpc) is 2.30. The Bertz CT molecular complexity index is 469. The maximum Gasteiger partial charge on any atom is 0.178 e. The van der Waals surface area contributed by atoms with Crippen molar-refractivity contribution in [2.75, 3.05) is 19.6 Å². The van der Waals surface area contributed by atoms with E-state index in [9.17, 15) is 4.79 Å². The van der Waals surface area contributed by atoms with Crippen molar-refractivity contribution in [2.24, 2.45) is 0 Å². The number of hydrogen-bond acceptors (Lipinski definition) is 3. The van der Waals surface area contributed by atoms with E-state index in [-0.39, 0.29) is 18.0 Å². The van der Waals surface area contributed by atoms with Gasteiger partial charge in [-0.25, -0.2) is 0 Å². The van der Waals surface area contributed by atoms with Crippen molar-refractivity contribution >= 4 is 29.0 Å². The molecule has 1 aliphatic heterocycles. The Labute approximate surface area is 123 Å². The van der Waals surface area contributed by atoms with Gasteiger partial charge in [0.05, 0.1) is 23.8 Å². The standard InChI is InChI=1S/C14H17Cl2NO2/c1-9-6-17(7-10(2)19-9)8-14(18)12-5-11(15)3-4-13(12)16/h3-5,9-10H,6-8H2,1-2H3. The normalized spacial score (nSPS) is 24.4. The molecule has 3 nitrogen and oxygen atoms in total. The van der Waals surface area contributed by atoms with E-state index in [1.54, 1.807) is 18.2 Å². The third kappa shape index (κ3) is 3.93. The third-order valence-electron chi connectivity index (χ3n) is 3.09. The van der Waals surface area contributed by atoms with Gasteiger partial charge in [-0.2, -0.15) is 0 Å². The van der Waals surface area contributed by atoms with Crippen LogP contribution in [0.5, 0.6) is 0 Å². The van der Waals surface area contributed by atoms with Gasteiger partial charge >= 0.3 is 0 Å². The van der Waals surface area contributed by atoms with E-state index in [1.165, 1.54) is 0 Å². The molecule has 0 aromatic heterocycles. The van der Waals surface area contributed by atoms with Crippen LogP contribution in [-0.4, -0.2) is 42.5 Å². The highest BCUT2D eigenvalue weighted by molar-refractivity contribution is 6.36. The van der Waals surface area contributed by atoms with Crippen LogP contribution in [0.4, 0.5) is 0 Å². The maximum absolute atomic E-state index is 12.3. The predicted octanol–water partition coefficient (Wildman–Crippen LogP) is 3.29. The second-order valence-electron chi connectivity index (χ2n) is 5.00. The fourth-order valence-electron chi connectivity index (χ4n) is 2.41. The fourth-order valence-corrected chi connectivity index (χ4v) is 2.81. The summed E-state index contributed by atoms with van der Waals surface area (Å²) in [6.45, 7) is 5.89. The number of carbonyl (C=O) groups is 1. The van der Waals surface area contributed by atoms with E-state index in [0.717, 1.165) is 13.1 Å². The summed E-state index contributed by atoms with van der Waals surface area (Å²) in [5, 5.41) is 0.972. The highest BCUT2D eigenvalue weighted by Gasteiger charge is 2.24. The molecule has 1 heterocycles. The van der Waals surface area contributed by atoms with Gasteiger partial charge in [-0.3, -0.25) is 9.69 Å². The first kappa shape index (κ1) is 14.8. The topological polar surface area (TPSA) is 29.5 Å². The molecule has 1 aromatic carbocycles. The highest BCUT2D eigenvalue weighted by atomic mass is 35.5. The summed E-state index contributed by atoms with van der Waals surface area (Å²) in [4.78, 5) is 14.4. The van der Waals surface area contributed by atoms with Gasteiger partial charge in [0.15, 0.2) is 5.78 Å². The van der Waals surface area contributed by atoms with Crippen LogP contribution >= 0.6 is 23.2 Å². The summed E-state index contributed by atoms with van der Waals surface area (Å²) in [7, 11) is 0. The zero-order valence-corrected chi connectivity index (χ0v) is 12.5. The van der Waals surface area contributed by atoms with Crippen LogP contribution in [0, 0.1) is 0 Å². The zero-order valence-electron chi connectivity index (χ0n) is 11.0. The number of halogens is 2. The van der Waals surface area contributed by atoms with Crippen LogP contribution in [0.3, 0.4) is 0 Å². The summed E-state index contributed by atoms with van der Waals surface area (Å²) in [5.41, 5.74) is 0.487. The Balaban J connectivity index is 2.06. The van der Waals surface area contributed by atoms with E-state index in [0.29, 0.717) is 22.2 Å². The lowest BCUT2D eigenvalue weighted by atomic mass is 10.1. The van der Waals surface area contributed by atoms with E-state index < -0.39 is 0 Å². The second-order valence-corrected chi connectivity index (χ2v) is 5.84. The number of morpholine rings is 1. The zero-order chi connectivity index (χ0) is 14.0. The van der Waals surface area contributed by atoms with Gasteiger partial charge in [0.1, 0.15) is 0 Å². The number of carbonyl (C=O) groups excluding carboxylic acids is 1. The molecule has 1 saturated heterocycles. The van der Waals surface area contributed by atoms with Crippen molar-refractivity contribution in [3.05, 3.63) is 33.8 Å². The van der Waals surface area contributed by atoms with Gasteiger partial charge < -0.3 is 4.74 Å². The molecule has 5 heteroatoms. The lowest BCUT2D eigenvalue weighted by Crippen LogP contribution is -2.47. The SMILES string of the molecule is CC1CN(CC(=O)c2cc(Cl)ccc2Cl)CC(C)O1. The quantitative estimate of drug-likeness (QED) is 0.803. The summed E-state index contributed by atoms with van der Waals surface area (Å²) in [6, 6.07) is 4.96. The molecule has 0 saturated carbocycles. The Morgan fingerprint density at radius 3 is 2.58 bits per heavy atom. The number of nitrogens with zero attached hydrogens (tertiary/aromatic N) is 1. The molecule has 0 N–H and O–H groups in total. The molecule has 0 bridgehead atoms. The van der Waals surface area contributed by atoms with Gasteiger partial charge in [0.2, 0.25) is 0 Å². The number of benzene rings is 1. The molecule has 1 aromatic rings. The first-order chi connectivity index (χ1) is 8.95. The van der Waals surface area contributed by atoms with E-state index >= 15 is 0 Å². The molecule has 0 radical (unpaired) electrons.